The van der Waals surface area contributed by atoms with Gasteiger partial charge in [0.05, 0.1) is 11.3 Å². The summed E-state index contributed by atoms with van der Waals surface area (Å²) in [5, 5.41) is 9.32. The van der Waals surface area contributed by atoms with E-state index in [0.29, 0.717) is 0 Å². The molecule has 0 radical (unpaired) electrons. The van der Waals surface area contributed by atoms with Crippen molar-refractivity contribution in [3.8, 4) is 6.07 Å². The van der Waals surface area contributed by atoms with Crippen LogP contribution in [0.2, 0.25) is 0 Å². The van der Waals surface area contributed by atoms with Gasteiger partial charge in [0.15, 0.2) is 0 Å². The monoisotopic (exact) mass is 314 g/mol. The second-order valence-corrected chi connectivity index (χ2v) is 6.21. The van der Waals surface area contributed by atoms with Crippen molar-refractivity contribution < 1.29 is 0 Å². The van der Waals surface area contributed by atoms with E-state index in [-0.39, 0.29) is 0 Å². The lowest BCUT2D eigenvalue weighted by atomic mass is 10.0. The number of aryl methyl sites for hydroxylation is 1. The van der Waals surface area contributed by atoms with Gasteiger partial charge >= 0.3 is 0 Å². The lowest BCUT2D eigenvalue weighted by Crippen LogP contribution is -2.31. The summed E-state index contributed by atoms with van der Waals surface area (Å²) < 4.78 is 0. The minimum Gasteiger partial charge on any atom is -0.370 e. The lowest BCUT2D eigenvalue weighted by Gasteiger charge is -2.31. The molecule has 0 N–H and O–H groups in total. The van der Waals surface area contributed by atoms with Crippen LogP contribution < -0.4 is 4.90 Å². The summed E-state index contributed by atoms with van der Waals surface area (Å²) in [5.74, 6) is 0. The third-order valence-corrected chi connectivity index (χ3v) is 4.44. The minimum atomic E-state index is 0.775. The number of nitrogens with zero attached hydrogens (tertiary/aromatic N) is 2. The SMILES string of the molecule is Cc1ccc(C#N)c(N2CCC(=C/C=C/c3ccccc3)CC2)c1. The number of rotatable bonds is 3. The second-order valence-electron chi connectivity index (χ2n) is 6.21. The van der Waals surface area contributed by atoms with Gasteiger partial charge in [-0.2, -0.15) is 5.26 Å². The van der Waals surface area contributed by atoms with Crippen LogP contribution in [0.3, 0.4) is 0 Å². The summed E-state index contributed by atoms with van der Waals surface area (Å²) in [6.45, 7) is 4.03. The summed E-state index contributed by atoms with van der Waals surface area (Å²) in [7, 11) is 0. The van der Waals surface area contributed by atoms with E-state index >= 15 is 0 Å². The highest BCUT2D eigenvalue weighted by atomic mass is 15.1. The van der Waals surface area contributed by atoms with E-state index in [0.717, 1.165) is 37.2 Å². The molecule has 2 nitrogen and oxygen atoms in total. The maximum absolute atomic E-state index is 9.32. The largest absolute Gasteiger partial charge is 0.370 e. The number of benzene rings is 2. The Bertz CT molecular complexity index is 784. The molecule has 2 aromatic rings. The van der Waals surface area contributed by atoms with E-state index in [4.69, 9.17) is 0 Å². The molecule has 1 saturated heterocycles. The predicted octanol–water partition coefficient (Wildman–Crippen LogP) is 5.11. The fourth-order valence-corrected chi connectivity index (χ4v) is 3.06. The molecule has 0 atom stereocenters. The molecule has 0 unspecified atom stereocenters. The van der Waals surface area contributed by atoms with Crippen LogP contribution in [0.15, 0.2) is 66.3 Å². The Balaban J connectivity index is 1.64. The van der Waals surface area contributed by atoms with Crippen molar-refractivity contribution in [1.29, 1.82) is 5.26 Å². The maximum atomic E-state index is 9.32. The minimum absolute atomic E-state index is 0.775. The molecule has 1 fully saturated rings. The van der Waals surface area contributed by atoms with Crippen LogP contribution in [-0.4, -0.2) is 13.1 Å². The van der Waals surface area contributed by atoms with Crippen LogP contribution in [-0.2, 0) is 0 Å². The number of anilines is 1. The Morgan fingerprint density at radius 1 is 1.04 bits per heavy atom. The van der Waals surface area contributed by atoms with Crippen molar-refractivity contribution in [2.45, 2.75) is 19.8 Å². The number of hydrogen-bond donors (Lipinski definition) is 0. The molecule has 120 valence electrons. The normalized spacial score (nSPS) is 14.7. The van der Waals surface area contributed by atoms with Gasteiger partial charge in [0.25, 0.3) is 0 Å². The van der Waals surface area contributed by atoms with E-state index in [1.807, 2.05) is 18.2 Å². The molecular weight excluding hydrogens is 292 g/mol. The summed E-state index contributed by atoms with van der Waals surface area (Å²) in [5.41, 5.74) is 5.76. The molecule has 0 spiro atoms. The molecule has 0 saturated carbocycles. The Morgan fingerprint density at radius 3 is 2.50 bits per heavy atom. The van der Waals surface area contributed by atoms with Gasteiger partial charge in [-0.1, -0.05) is 60.2 Å². The van der Waals surface area contributed by atoms with Crippen LogP contribution in [0.4, 0.5) is 5.69 Å². The van der Waals surface area contributed by atoms with Crippen LogP contribution in [0.1, 0.15) is 29.5 Å². The highest BCUT2D eigenvalue weighted by Gasteiger charge is 2.16. The fourth-order valence-electron chi connectivity index (χ4n) is 3.06. The second kappa shape index (κ2) is 7.66. The first-order chi connectivity index (χ1) is 11.8. The average Bonchev–Trinajstić information content (AvgIpc) is 2.63. The molecular formula is C22H22N2. The van der Waals surface area contributed by atoms with E-state index < -0.39 is 0 Å². The predicted molar refractivity (Wildman–Crippen MR) is 101 cm³/mol. The molecule has 1 aliphatic rings. The Morgan fingerprint density at radius 2 is 1.79 bits per heavy atom. The van der Waals surface area contributed by atoms with Crippen LogP contribution >= 0.6 is 0 Å². The van der Waals surface area contributed by atoms with Gasteiger partial charge in [-0.25, -0.2) is 0 Å². The van der Waals surface area contributed by atoms with Crippen molar-refractivity contribution >= 4 is 11.8 Å². The smallest absolute Gasteiger partial charge is 0.101 e. The quantitative estimate of drug-likeness (QED) is 0.787. The number of piperidine rings is 1. The standard InChI is InChI=1S/C22H22N2/c1-18-10-11-21(17-23)22(16-18)24-14-12-20(13-15-24)9-5-8-19-6-3-2-4-7-19/h2-11,16H,12-15H2,1H3/b8-5+. The zero-order chi connectivity index (χ0) is 16.8. The van der Waals surface area contributed by atoms with Gasteiger partial charge in [-0.15, -0.1) is 0 Å². The van der Waals surface area contributed by atoms with Gasteiger partial charge in [0, 0.05) is 13.1 Å². The van der Waals surface area contributed by atoms with Crippen molar-refractivity contribution in [3.63, 3.8) is 0 Å². The van der Waals surface area contributed by atoms with E-state index in [2.05, 4.69) is 66.5 Å². The summed E-state index contributed by atoms with van der Waals surface area (Å²) >= 11 is 0. The van der Waals surface area contributed by atoms with Gasteiger partial charge in [-0.3, -0.25) is 0 Å². The van der Waals surface area contributed by atoms with Crippen LogP contribution in [0.5, 0.6) is 0 Å². The topological polar surface area (TPSA) is 27.0 Å². The maximum Gasteiger partial charge on any atom is 0.101 e. The molecule has 0 aromatic heterocycles. The zero-order valence-corrected chi connectivity index (χ0v) is 14.1. The van der Waals surface area contributed by atoms with E-state index in [9.17, 15) is 5.26 Å². The first-order valence-electron chi connectivity index (χ1n) is 8.43. The molecule has 1 aliphatic heterocycles. The van der Waals surface area contributed by atoms with E-state index in [1.165, 1.54) is 16.7 Å². The highest BCUT2D eigenvalue weighted by molar-refractivity contribution is 5.61. The number of hydrogen-bond acceptors (Lipinski definition) is 2. The molecule has 3 rings (SSSR count). The fraction of sp³-hybridized carbons (Fsp3) is 0.227. The van der Waals surface area contributed by atoms with Gasteiger partial charge in [0.2, 0.25) is 0 Å². The van der Waals surface area contributed by atoms with Gasteiger partial charge in [0.1, 0.15) is 6.07 Å². The van der Waals surface area contributed by atoms with Crippen molar-refractivity contribution in [2.24, 2.45) is 0 Å². The van der Waals surface area contributed by atoms with Crippen molar-refractivity contribution in [3.05, 3.63) is 82.9 Å². The molecule has 0 amide bonds. The third-order valence-electron chi connectivity index (χ3n) is 4.44. The Kier molecular flexibility index (Phi) is 5.13. The third kappa shape index (κ3) is 3.94. The first-order valence-corrected chi connectivity index (χ1v) is 8.43. The molecule has 24 heavy (non-hydrogen) atoms. The number of nitriles is 1. The molecule has 2 heteroatoms. The number of allylic oxidation sites excluding steroid dienone is 2. The first kappa shape index (κ1) is 16.1. The molecule has 2 aromatic carbocycles. The highest BCUT2D eigenvalue weighted by Crippen LogP contribution is 2.27. The Labute approximate surface area is 144 Å². The van der Waals surface area contributed by atoms with E-state index in [1.54, 1.807) is 0 Å². The summed E-state index contributed by atoms with van der Waals surface area (Å²) in [6, 6.07) is 18.7. The summed E-state index contributed by atoms with van der Waals surface area (Å²) in [4.78, 5) is 2.34. The van der Waals surface area contributed by atoms with Gasteiger partial charge in [-0.05, 0) is 43.0 Å². The van der Waals surface area contributed by atoms with Crippen LogP contribution in [0.25, 0.3) is 6.08 Å². The summed E-state index contributed by atoms with van der Waals surface area (Å²) in [6.07, 6.45) is 8.64. The van der Waals surface area contributed by atoms with Crippen LogP contribution in [0, 0.1) is 18.3 Å². The van der Waals surface area contributed by atoms with Crippen molar-refractivity contribution in [2.75, 3.05) is 18.0 Å². The van der Waals surface area contributed by atoms with Crippen molar-refractivity contribution in [1.82, 2.24) is 0 Å². The van der Waals surface area contributed by atoms with Gasteiger partial charge < -0.3 is 4.90 Å². The average molecular weight is 314 g/mol. The molecule has 0 bridgehead atoms. The lowest BCUT2D eigenvalue weighted by molar-refractivity contribution is 0.684. The molecule has 0 aliphatic carbocycles. The Hall–Kier alpha value is -2.79. The molecule has 1 heterocycles. The zero-order valence-electron chi connectivity index (χ0n) is 14.1.